The van der Waals surface area contributed by atoms with Crippen molar-refractivity contribution < 1.29 is 4.79 Å². The number of carbonyl (C=O) groups excluding carboxylic acids is 1. The maximum absolute atomic E-state index is 10.9. The van der Waals surface area contributed by atoms with Gasteiger partial charge in [0, 0.05) is 30.9 Å². The van der Waals surface area contributed by atoms with Gasteiger partial charge in [0.05, 0.1) is 0 Å². The van der Waals surface area contributed by atoms with Gasteiger partial charge in [-0.2, -0.15) is 0 Å². The Morgan fingerprint density at radius 3 is 2.53 bits per heavy atom. The van der Waals surface area contributed by atoms with Gasteiger partial charge in [-0.25, -0.2) is 0 Å². The molecule has 1 aromatic carbocycles. The molecule has 1 amide bonds. The van der Waals surface area contributed by atoms with Gasteiger partial charge in [0.15, 0.2) is 0 Å². The Morgan fingerprint density at radius 2 is 1.94 bits per heavy atom. The molecule has 1 N–H and O–H groups in total. The highest BCUT2D eigenvalue weighted by Gasteiger charge is 1.98. The molecule has 0 radical (unpaired) electrons. The van der Waals surface area contributed by atoms with Crippen LogP contribution in [-0.2, 0) is 11.2 Å². The predicted octanol–water partition coefficient (Wildman–Crippen LogP) is 2.63. The quantitative estimate of drug-likeness (QED) is 0.874. The second-order valence-electron chi connectivity index (χ2n) is 3.88. The Hall–Kier alpha value is -2.16. The van der Waals surface area contributed by atoms with Gasteiger partial charge in [0.25, 0.3) is 0 Å². The van der Waals surface area contributed by atoms with Gasteiger partial charge in [0.1, 0.15) is 0 Å². The average molecular weight is 226 g/mol. The molecule has 0 fully saturated rings. The molecule has 3 heteroatoms. The first kappa shape index (κ1) is 11.3. The Morgan fingerprint density at radius 1 is 1.18 bits per heavy atom. The van der Waals surface area contributed by atoms with Crippen LogP contribution in [0.3, 0.4) is 0 Å². The first-order valence-corrected chi connectivity index (χ1v) is 5.50. The second kappa shape index (κ2) is 5.25. The van der Waals surface area contributed by atoms with E-state index in [-0.39, 0.29) is 5.91 Å². The van der Waals surface area contributed by atoms with Crippen LogP contribution in [0.25, 0.3) is 0 Å². The number of hydrogen-bond donors (Lipinski definition) is 1. The molecule has 1 aromatic heterocycles. The Labute approximate surface area is 101 Å². The molecule has 2 rings (SSSR count). The van der Waals surface area contributed by atoms with Crippen molar-refractivity contribution in [3.63, 3.8) is 0 Å². The lowest BCUT2D eigenvalue weighted by molar-refractivity contribution is -0.114. The van der Waals surface area contributed by atoms with E-state index in [4.69, 9.17) is 0 Å². The van der Waals surface area contributed by atoms with Crippen molar-refractivity contribution in [1.82, 2.24) is 4.98 Å². The van der Waals surface area contributed by atoms with E-state index in [1.54, 1.807) is 6.20 Å². The zero-order chi connectivity index (χ0) is 12.1. The molecule has 3 nitrogen and oxygen atoms in total. The van der Waals surface area contributed by atoms with E-state index >= 15 is 0 Å². The number of nitrogens with zero attached hydrogens (tertiary/aromatic N) is 1. The van der Waals surface area contributed by atoms with Crippen molar-refractivity contribution >= 4 is 11.6 Å². The van der Waals surface area contributed by atoms with E-state index in [1.165, 1.54) is 12.5 Å². The van der Waals surface area contributed by atoms with Crippen molar-refractivity contribution in [1.29, 1.82) is 0 Å². The fourth-order valence-electron chi connectivity index (χ4n) is 1.62. The molecule has 0 bridgehead atoms. The van der Waals surface area contributed by atoms with Crippen molar-refractivity contribution in [2.24, 2.45) is 0 Å². The molecule has 0 saturated heterocycles. The largest absolute Gasteiger partial charge is 0.326 e. The molecule has 0 spiro atoms. The lowest BCUT2D eigenvalue weighted by Crippen LogP contribution is -2.05. The van der Waals surface area contributed by atoms with E-state index in [2.05, 4.69) is 10.3 Å². The highest BCUT2D eigenvalue weighted by Crippen LogP contribution is 2.12. The summed E-state index contributed by atoms with van der Waals surface area (Å²) in [6.07, 6.45) is 2.60. The lowest BCUT2D eigenvalue weighted by Gasteiger charge is -2.04. The molecule has 0 aliphatic carbocycles. The monoisotopic (exact) mass is 226 g/mol. The Bertz CT molecular complexity index is 491. The van der Waals surface area contributed by atoms with Crippen LogP contribution in [0.1, 0.15) is 18.2 Å². The summed E-state index contributed by atoms with van der Waals surface area (Å²) in [6.45, 7) is 1.50. The molecular formula is C14H14N2O. The van der Waals surface area contributed by atoms with Gasteiger partial charge in [-0.1, -0.05) is 18.2 Å². The van der Waals surface area contributed by atoms with Crippen molar-refractivity contribution in [2.45, 2.75) is 13.3 Å². The van der Waals surface area contributed by atoms with E-state index in [1.807, 2.05) is 42.5 Å². The SMILES string of the molecule is CC(=O)Nc1ccc(Cc2ccccn2)cc1. The first-order valence-electron chi connectivity index (χ1n) is 5.50. The Balaban J connectivity index is 2.06. The third kappa shape index (κ3) is 3.41. The molecule has 0 aliphatic heterocycles. The maximum atomic E-state index is 10.9. The molecule has 0 unspecified atom stereocenters. The van der Waals surface area contributed by atoms with Gasteiger partial charge in [-0.05, 0) is 29.8 Å². The van der Waals surface area contributed by atoms with E-state index in [0.29, 0.717) is 0 Å². The van der Waals surface area contributed by atoms with E-state index < -0.39 is 0 Å². The third-order valence-electron chi connectivity index (χ3n) is 2.39. The minimum Gasteiger partial charge on any atom is -0.326 e. The molecule has 0 atom stereocenters. The molecular weight excluding hydrogens is 212 g/mol. The van der Waals surface area contributed by atoms with Crippen molar-refractivity contribution in [3.8, 4) is 0 Å². The van der Waals surface area contributed by atoms with Crippen LogP contribution >= 0.6 is 0 Å². The van der Waals surface area contributed by atoms with Crippen LogP contribution in [-0.4, -0.2) is 10.9 Å². The fourth-order valence-corrected chi connectivity index (χ4v) is 1.62. The zero-order valence-corrected chi connectivity index (χ0v) is 9.68. The number of benzene rings is 1. The standard InChI is InChI=1S/C14H14N2O/c1-11(17)16-13-7-5-12(6-8-13)10-14-4-2-3-9-15-14/h2-9H,10H2,1H3,(H,16,17). The number of nitrogens with one attached hydrogen (secondary N) is 1. The molecule has 86 valence electrons. The van der Waals surface area contributed by atoms with E-state index in [9.17, 15) is 4.79 Å². The summed E-state index contributed by atoms with van der Waals surface area (Å²) in [6, 6.07) is 13.7. The number of anilines is 1. The van der Waals surface area contributed by atoms with Gasteiger partial charge in [0.2, 0.25) is 5.91 Å². The molecule has 2 aromatic rings. The lowest BCUT2D eigenvalue weighted by atomic mass is 10.1. The van der Waals surface area contributed by atoms with Crippen LogP contribution in [0.15, 0.2) is 48.7 Å². The summed E-state index contributed by atoms with van der Waals surface area (Å²) in [5.74, 6) is -0.0533. The molecule has 1 heterocycles. The average Bonchev–Trinajstić information content (AvgIpc) is 2.32. The fraction of sp³-hybridized carbons (Fsp3) is 0.143. The van der Waals surface area contributed by atoms with Crippen LogP contribution in [0.5, 0.6) is 0 Å². The van der Waals surface area contributed by atoms with Crippen molar-refractivity contribution in [2.75, 3.05) is 5.32 Å². The summed E-state index contributed by atoms with van der Waals surface area (Å²) >= 11 is 0. The molecule has 0 aliphatic rings. The highest BCUT2D eigenvalue weighted by molar-refractivity contribution is 5.88. The predicted molar refractivity (Wildman–Crippen MR) is 67.8 cm³/mol. The van der Waals surface area contributed by atoms with Crippen molar-refractivity contribution in [3.05, 3.63) is 59.9 Å². The van der Waals surface area contributed by atoms with Crippen LogP contribution in [0, 0.1) is 0 Å². The smallest absolute Gasteiger partial charge is 0.221 e. The van der Waals surface area contributed by atoms with E-state index in [0.717, 1.165) is 17.8 Å². The summed E-state index contributed by atoms with van der Waals surface area (Å²) in [4.78, 5) is 15.1. The van der Waals surface area contributed by atoms with Crippen LogP contribution in [0.4, 0.5) is 5.69 Å². The van der Waals surface area contributed by atoms with Gasteiger partial charge >= 0.3 is 0 Å². The number of amides is 1. The summed E-state index contributed by atoms with van der Waals surface area (Å²) < 4.78 is 0. The van der Waals surface area contributed by atoms with Crippen LogP contribution < -0.4 is 5.32 Å². The van der Waals surface area contributed by atoms with Gasteiger partial charge in [-0.3, -0.25) is 9.78 Å². The first-order chi connectivity index (χ1) is 8.24. The maximum Gasteiger partial charge on any atom is 0.221 e. The number of carbonyl (C=O) groups is 1. The number of rotatable bonds is 3. The number of aromatic nitrogens is 1. The minimum absolute atomic E-state index is 0.0533. The second-order valence-corrected chi connectivity index (χ2v) is 3.88. The number of hydrogen-bond acceptors (Lipinski definition) is 2. The number of pyridine rings is 1. The normalized spacial score (nSPS) is 9.94. The third-order valence-corrected chi connectivity index (χ3v) is 2.39. The summed E-state index contributed by atoms with van der Waals surface area (Å²) in [7, 11) is 0. The Kier molecular flexibility index (Phi) is 3.50. The molecule has 0 saturated carbocycles. The minimum atomic E-state index is -0.0533. The highest BCUT2D eigenvalue weighted by atomic mass is 16.1. The topological polar surface area (TPSA) is 42.0 Å². The summed E-state index contributed by atoms with van der Waals surface area (Å²) in [5, 5.41) is 2.74. The van der Waals surface area contributed by atoms with Gasteiger partial charge < -0.3 is 5.32 Å². The zero-order valence-electron chi connectivity index (χ0n) is 9.68. The summed E-state index contributed by atoms with van der Waals surface area (Å²) in [5.41, 5.74) is 3.04. The van der Waals surface area contributed by atoms with Gasteiger partial charge in [-0.15, -0.1) is 0 Å². The molecule has 17 heavy (non-hydrogen) atoms. The van der Waals surface area contributed by atoms with Crippen LogP contribution in [0.2, 0.25) is 0 Å².